The molecule has 3 aromatic rings. The number of rotatable bonds is 6. The Kier molecular flexibility index (Phi) is 5.40. The Bertz CT molecular complexity index is 901. The van der Waals surface area contributed by atoms with Crippen LogP contribution in [0.3, 0.4) is 0 Å². The minimum Gasteiger partial charge on any atom is -0.497 e. The van der Waals surface area contributed by atoms with Gasteiger partial charge in [-0.25, -0.2) is 9.98 Å². The lowest BCUT2D eigenvalue weighted by Crippen LogP contribution is -2.06. The fourth-order valence-electron chi connectivity index (χ4n) is 2.21. The maximum absolute atomic E-state index is 11.5. The van der Waals surface area contributed by atoms with Crippen molar-refractivity contribution in [2.45, 2.75) is 19.8 Å². The summed E-state index contributed by atoms with van der Waals surface area (Å²) in [4.78, 5) is 20.4. The van der Waals surface area contributed by atoms with Gasteiger partial charge in [0.2, 0.25) is 5.13 Å². The first-order valence-corrected chi connectivity index (χ1v) is 8.79. The summed E-state index contributed by atoms with van der Waals surface area (Å²) in [5, 5.41) is 0.682. The van der Waals surface area contributed by atoms with Gasteiger partial charge in [0.1, 0.15) is 11.5 Å². The normalized spacial score (nSPS) is 11.1. The number of carbonyl (C=O) groups is 1. The molecule has 25 heavy (non-hydrogen) atoms. The average Bonchev–Trinajstić information content (AvgIpc) is 3.03. The van der Waals surface area contributed by atoms with E-state index in [1.165, 1.54) is 11.3 Å². The van der Waals surface area contributed by atoms with Crippen LogP contribution < -0.4 is 9.47 Å². The van der Waals surface area contributed by atoms with E-state index < -0.39 is 0 Å². The Morgan fingerprint density at radius 3 is 2.68 bits per heavy atom. The minimum absolute atomic E-state index is 0.214. The van der Waals surface area contributed by atoms with Crippen LogP contribution in [0.25, 0.3) is 10.2 Å². The van der Waals surface area contributed by atoms with E-state index in [2.05, 4.69) is 9.98 Å². The van der Waals surface area contributed by atoms with E-state index in [0.29, 0.717) is 17.3 Å². The van der Waals surface area contributed by atoms with Gasteiger partial charge < -0.3 is 9.47 Å². The second kappa shape index (κ2) is 7.90. The number of thiazole rings is 1. The first kappa shape index (κ1) is 17.1. The molecule has 0 aliphatic heterocycles. The third kappa shape index (κ3) is 4.42. The summed E-state index contributed by atoms with van der Waals surface area (Å²) in [6.07, 6.45) is 2.94. The zero-order valence-corrected chi connectivity index (χ0v) is 14.9. The summed E-state index contributed by atoms with van der Waals surface area (Å²) in [7, 11) is 1.64. The first-order valence-electron chi connectivity index (χ1n) is 7.97. The molecular weight excluding hydrogens is 336 g/mol. The molecule has 0 N–H and O–H groups in total. The number of ether oxygens (including phenoxy) is 2. The number of esters is 1. The van der Waals surface area contributed by atoms with Gasteiger partial charge in [0.05, 0.1) is 17.3 Å². The van der Waals surface area contributed by atoms with Gasteiger partial charge in [-0.3, -0.25) is 4.79 Å². The molecule has 0 aliphatic carbocycles. The van der Waals surface area contributed by atoms with Crippen molar-refractivity contribution in [2.24, 2.45) is 4.99 Å². The van der Waals surface area contributed by atoms with Gasteiger partial charge in [0.15, 0.2) is 0 Å². The lowest BCUT2D eigenvalue weighted by atomic mass is 10.2. The molecule has 1 heterocycles. The molecule has 0 aliphatic rings. The van der Waals surface area contributed by atoms with Crippen LogP contribution in [-0.4, -0.2) is 24.3 Å². The van der Waals surface area contributed by atoms with Gasteiger partial charge in [-0.05, 0) is 54.4 Å². The molecule has 128 valence electrons. The van der Waals surface area contributed by atoms with E-state index in [1.807, 2.05) is 37.3 Å². The fourth-order valence-corrected chi connectivity index (χ4v) is 3.05. The molecule has 0 bridgehead atoms. The second-order valence-corrected chi connectivity index (χ2v) is 6.39. The monoisotopic (exact) mass is 354 g/mol. The number of hydrogen-bond donors (Lipinski definition) is 0. The molecule has 1 aromatic heterocycles. The SMILES string of the molecule is CCCC(=O)Oc1ccc(/C=N/c2nc3ccc(OC)cc3s2)cc1. The van der Waals surface area contributed by atoms with E-state index in [4.69, 9.17) is 9.47 Å². The maximum Gasteiger partial charge on any atom is 0.311 e. The number of aromatic nitrogens is 1. The molecule has 0 fully saturated rings. The van der Waals surface area contributed by atoms with Crippen LogP contribution in [0.15, 0.2) is 47.5 Å². The lowest BCUT2D eigenvalue weighted by Gasteiger charge is -2.03. The molecule has 3 rings (SSSR count). The van der Waals surface area contributed by atoms with Gasteiger partial charge in [-0.15, -0.1) is 0 Å². The highest BCUT2D eigenvalue weighted by Crippen LogP contribution is 2.30. The summed E-state index contributed by atoms with van der Waals surface area (Å²) in [6.45, 7) is 1.94. The molecule has 0 unspecified atom stereocenters. The molecule has 0 atom stereocenters. The zero-order chi connectivity index (χ0) is 17.6. The van der Waals surface area contributed by atoms with Gasteiger partial charge in [-0.2, -0.15) is 0 Å². The van der Waals surface area contributed by atoms with Crippen LogP contribution in [0.4, 0.5) is 5.13 Å². The summed E-state index contributed by atoms with van der Waals surface area (Å²) >= 11 is 1.50. The van der Waals surface area contributed by atoms with Gasteiger partial charge in [0.25, 0.3) is 0 Å². The molecule has 0 saturated heterocycles. The van der Waals surface area contributed by atoms with Gasteiger partial charge in [-0.1, -0.05) is 18.3 Å². The van der Waals surface area contributed by atoms with Crippen LogP contribution in [0, 0.1) is 0 Å². The van der Waals surface area contributed by atoms with Crippen molar-refractivity contribution in [1.29, 1.82) is 0 Å². The highest BCUT2D eigenvalue weighted by molar-refractivity contribution is 7.22. The molecule has 0 radical (unpaired) electrons. The molecule has 6 heteroatoms. The van der Waals surface area contributed by atoms with E-state index in [1.54, 1.807) is 25.5 Å². The molecule has 0 spiro atoms. The van der Waals surface area contributed by atoms with E-state index in [0.717, 1.165) is 28.0 Å². The number of hydrogen-bond acceptors (Lipinski definition) is 6. The van der Waals surface area contributed by atoms with Crippen molar-refractivity contribution in [2.75, 3.05) is 7.11 Å². The van der Waals surface area contributed by atoms with Crippen LogP contribution in [-0.2, 0) is 4.79 Å². The Hall–Kier alpha value is -2.73. The zero-order valence-electron chi connectivity index (χ0n) is 14.1. The Labute approximate surface area is 150 Å². The standard InChI is InChI=1S/C19H18N2O3S/c1-3-4-18(22)24-14-7-5-13(6-8-14)12-20-19-21-16-10-9-15(23-2)11-17(16)25-19/h5-12H,3-4H2,1-2H3/b20-12+. The average molecular weight is 354 g/mol. The Morgan fingerprint density at radius 2 is 1.96 bits per heavy atom. The first-order chi connectivity index (χ1) is 12.2. The number of methoxy groups -OCH3 is 1. The van der Waals surface area contributed by atoms with Gasteiger partial charge in [0, 0.05) is 12.6 Å². The summed E-state index contributed by atoms with van der Waals surface area (Å²) < 4.78 is 11.5. The number of aliphatic imine (C=N–C) groups is 1. The van der Waals surface area contributed by atoms with Crippen molar-refractivity contribution in [1.82, 2.24) is 4.98 Å². The smallest absolute Gasteiger partial charge is 0.311 e. The van der Waals surface area contributed by atoms with E-state index >= 15 is 0 Å². The summed E-state index contributed by atoms with van der Waals surface area (Å²) in [5.74, 6) is 1.14. The molecule has 0 saturated carbocycles. The molecule has 5 nitrogen and oxygen atoms in total. The quantitative estimate of drug-likeness (QED) is 0.364. The van der Waals surface area contributed by atoms with E-state index in [-0.39, 0.29) is 5.97 Å². The highest BCUT2D eigenvalue weighted by atomic mass is 32.1. The number of benzene rings is 2. The molecule has 2 aromatic carbocycles. The summed E-state index contributed by atoms with van der Waals surface area (Å²) in [5.41, 5.74) is 1.81. The predicted molar refractivity (Wildman–Crippen MR) is 100 cm³/mol. The highest BCUT2D eigenvalue weighted by Gasteiger charge is 2.05. The van der Waals surface area contributed by atoms with Crippen molar-refractivity contribution >= 4 is 38.9 Å². The van der Waals surface area contributed by atoms with E-state index in [9.17, 15) is 4.79 Å². The van der Waals surface area contributed by atoms with Crippen molar-refractivity contribution < 1.29 is 14.3 Å². The third-order valence-electron chi connectivity index (χ3n) is 3.47. The molecule has 0 amide bonds. The topological polar surface area (TPSA) is 60.8 Å². The van der Waals surface area contributed by atoms with Crippen molar-refractivity contribution in [3.05, 3.63) is 48.0 Å². The molecular formula is C19H18N2O3S. The summed E-state index contributed by atoms with van der Waals surface area (Å²) in [6, 6.07) is 13.0. The fraction of sp³-hybridized carbons (Fsp3) is 0.211. The van der Waals surface area contributed by atoms with Gasteiger partial charge >= 0.3 is 5.97 Å². The van der Waals surface area contributed by atoms with Crippen LogP contribution in [0.5, 0.6) is 11.5 Å². The predicted octanol–water partition coefficient (Wildman–Crippen LogP) is 4.76. The number of carbonyl (C=O) groups excluding carboxylic acids is 1. The second-order valence-electron chi connectivity index (χ2n) is 5.38. The Balaban J connectivity index is 1.70. The number of nitrogens with zero attached hydrogens (tertiary/aromatic N) is 2. The minimum atomic E-state index is -0.214. The van der Waals surface area contributed by atoms with Crippen LogP contribution in [0.2, 0.25) is 0 Å². The lowest BCUT2D eigenvalue weighted by molar-refractivity contribution is -0.134. The largest absolute Gasteiger partial charge is 0.497 e. The van der Waals surface area contributed by atoms with Crippen LogP contribution in [0.1, 0.15) is 25.3 Å². The van der Waals surface area contributed by atoms with Crippen molar-refractivity contribution in [3.8, 4) is 11.5 Å². The number of fused-ring (bicyclic) bond motifs is 1. The van der Waals surface area contributed by atoms with Crippen LogP contribution >= 0.6 is 11.3 Å². The third-order valence-corrected chi connectivity index (χ3v) is 4.40. The maximum atomic E-state index is 11.5. The van der Waals surface area contributed by atoms with Crippen molar-refractivity contribution in [3.63, 3.8) is 0 Å². The Morgan fingerprint density at radius 1 is 1.20 bits per heavy atom.